The van der Waals surface area contributed by atoms with Crippen molar-refractivity contribution < 1.29 is 28.5 Å². The van der Waals surface area contributed by atoms with E-state index in [1.807, 2.05) is 58.0 Å². The molecule has 1 aliphatic rings. The molecule has 0 spiro atoms. The molecule has 35 heavy (non-hydrogen) atoms. The molecule has 2 unspecified atom stereocenters. The van der Waals surface area contributed by atoms with E-state index in [2.05, 4.69) is 5.32 Å². The SMILES string of the molecule is COc1ccc(CC(C(C)C(=O)OC(C)(C)C)[C@@H]2NCCc3cc(OC)c(OC)cc32)cc1OC. The maximum absolute atomic E-state index is 13.3. The Kier molecular flexibility index (Phi) is 8.54. The van der Waals surface area contributed by atoms with Crippen molar-refractivity contribution in [3.05, 3.63) is 47.0 Å². The Morgan fingerprint density at radius 1 is 0.943 bits per heavy atom. The standard InChI is InChI=1S/C28H39NO6/c1-17(27(30)35-28(2,3)4)20(13-18-9-10-22(31-5)23(14-18)32-6)26-21-16-25(34-8)24(33-7)15-19(21)11-12-29-26/h9-10,14-17,20,26,29H,11-13H2,1-8H3/t17?,20?,26-/m0/s1. The normalized spacial score (nSPS) is 17.1. The molecule has 1 N–H and O–H groups in total. The second kappa shape index (κ2) is 11.2. The van der Waals surface area contributed by atoms with Gasteiger partial charge in [0.15, 0.2) is 23.0 Å². The highest BCUT2D eigenvalue weighted by molar-refractivity contribution is 5.73. The van der Waals surface area contributed by atoms with Gasteiger partial charge < -0.3 is 29.0 Å². The molecular formula is C28H39NO6. The van der Waals surface area contributed by atoms with Crippen molar-refractivity contribution in [1.82, 2.24) is 5.32 Å². The molecule has 7 heteroatoms. The zero-order chi connectivity index (χ0) is 25.8. The fourth-order valence-corrected chi connectivity index (χ4v) is 4.73. The second-order valence-corrected chi connectivity index (χ2v) is 9.97. The summed E-state index contributed by atoms with van der Waals surface area (Å²) >= 11 is 0. The number of nitrogens with one attached hydrogen (secondary N) is 1. The molecule has 0 aliphatic carbocycles. The molecule has 192 valence electrons. The molecule has 3 atom stereocenters. The smallest absolute Gasteiger partial charge is 0.309 e. The third-order valence-corrected chi connectivity index (χ3v) is 6.51. The van der Waals surface area contributed by atoms with Crippen molar-refractivity contribution in [2.24, 2.45) is 11.8 Å². The number of fused-ring (bicyclic) bond motifs is 1. The average Bonchev–Trinajstić information content (AvgIpc) is 2.84. The van der Waals surface area contributed by atoms with E-state index < -0.39 is 5.60 Å². The highest BCUT2D eigenvalue weighted by Crippen LogP contribution is 2.41. The van der Waals surface area contributed by atoms with Crippen molar-refractivity contribution in [2.45, 2.75) is 52.2 Å². The first-order valence-electron chi connectivity index (χ1n) is 12.0. The molecular weight excluding hydrogens is 446 g/mol. The van der Waals surface area contributed by atoms with Crippen LogP contribution in [0.5, 0.6) is 23.0 Å². The number of hydrogen-bond acceptors (Lipinski definition) is 7. The molecule has 0 bridgehead atoms. The predicted octanol–water partition coefficient (Wildman–Crippen LogP) is 4.74. The quantitative estimate of drug-likeness (QED) is 0.514. The monoisotopic (exact) mass is 485 g/mol. The molecule has 0 radical (unpaired) electrons. The van der Waals surface area contributed by atoms with Gasteiger partial charge in [0.05, 0.1) is 34.4 Å². The molecule has 2 aromatic rings. The third kappa shape index (κ3) is 6.20. The summed E-state index contributed by atoms with van der Waals surface area (Å²) in [7, 11) is 6.53. The van der Waals surface area contributed by atoms with Crippen LogP contribution in [0.1, 0.15) is 50.4 Å². The lowest BCUT2D eigenvalue weighted by Crippen LogP contribution is -2.41. The van der Waals surface area contributed by atoms with Gasteiger partial charge in [-0.15, -0.1) is 0 Å². The van der Waals surface area contributed by atoms with Gasteiger partial charge in [-0.05, 0) is 87.0 Å². The number of benzene rings is 2. The minimum absolute atomic E-state index is 0.0748. The second-order valence-electron chi connectivity index (χ2n) is 9.97. The van der Waals surface area contributed by atoms with Gasteiger partial charge in [-0.3, -0.25) is 4.79 Å². The molecule has 1 aliphatic heterocycles. The van der Waals surface area contributed by atoms with E-state index in [9.17, 15) is 4.79 Å². The maximum Gasteiger partial charge on any atom is 0.309 e. The fourth-order valence-electron chi connectivity index (χ4n) is 4.73. The summed E-state index contributed by atoms with van der Waals surface area (Å²) < 4.78 is 27.9. The molecule has 0 saturated heterocycles. The third-order valence-electron chi connectivity index (χ3n) is 6.51. The van der Waals surface area contributed by atoms with Crippen LogP contribution in [0.4, 0.5) is 0 Å². The van der Waals surface area contributed by atoms with Crippen LogP contribution >= 0.6 is 0 Å². The fraction of sp³-hybridized carbons (Fsp3) is 0.536. The summed E-state index contributed by atoms with van der Waals surface area (Å²) in [6, 6.07) is 9.91. The molecule has 0 aromatic heterocycles. The van der Waals surface area contributed by atoms with E-state index in [1.165, 1.54) is 5.56 Å². The van der Waals surface area contributed by atoms with Crippen LogP contribution < -0.4 is 24.3 Å². The Morgan fingerprint density at radius 3 is 2.14 bits per heavy atom. The maximum atomic E-state index is 13.3. The van der Waals surface area contributed by atoms with E-state index >= 15 is 0 Å². The number of esters is 1. The summed E-state index contributed by atoms with van der Waals surface area (Å²) in [4.78, 5) is 13.3. The van der Waals surface area contributed by atoms with Gasteiger partial charge in [-0.25, -0.2) is 0 Å². The van der Waals surface area contributed by atoms with Gasteiger partial charge >= 0.3 is 5.97 Å². The number of carbonyl (C=O) groups excluding carboxylic acids is 1. The van der Waals surface area contributed by atoms with E-state index in [0.29, 0.717) is 29.4 Å². The first-order chi connectivity index (χ1) is 16.6. The van der Waals surface area contributed by atoms with E-state index in [1.54, 1.807) is 28.4 Å². The van der Waals surface area contributed by atoms with Crippen molar-refractivity contribution in [1.29, 1.82) is 0 Å². The first-order valence-corrected chi connectivity index (χ1v) is 12.0. The number of ether oxygens (including phenoxy) is 5. The van der Waals surface area contributed by atoms with Crippen LogP contribution in [0.2, 0.25) is 0 Å². The van der Waals surface area contributed by atoms with Gasteiger partial charge in [0.2, 0.25) is 0 Å². The van der Waals surface area contributed by atoms with Crippen molar-refractivity contribution in [3.63, 3.8) is 0 Å². The summed E-state index contributed by atoms with van der Waals surface area (Å²) in [6.45, 7) is 8.44. The number of rotatable bonds is 9. The lowest BCUT2D eigenvalue weighted by molar-refractivity contribution is -0.161. The highest BCUT2D eigenvalue weighted by atomic mass is 16.6. The Balaban J connectivity index is 2.05. The van der Waals surface area contributed by atoms with Gasteiger partial charge in [0, 0.05) is 6.04 Å². The number of methoxy groups -OCH3 is 4. The Morgan fingerprint density at radius 2 is 1.54 bits per heavy atom. The summed E-state index contributed by atoms with van der Waals surface area (Å²) in [5.74, 6) is 2.07. The van der Waals surface area contributed by atoms with Crippen molar-refractivity contribution >= 4 is 5.97 Å². The summed E-state index contributed by atoms with van der Waals surface area (Å²) in [5.41, 5.74) is 2.81. The van der Waals surface area contributed by atoms with Crippen LogP contribution in [0.25, 0.3) is 0 Å². The Hall–Kier alpha value is -2.93. The van der Waals surface area contributed by atoms with Crippen LogP contribution in [0.15, 0.2) is 30.3 Å². The number of carbonyl (C=O) groups is 1. The molecule has 7 nitrogen and oxygen atoms in total. The van der Waals surface area contributed by atoms with E-state index in [4.69, 9.17) is 23.7 Å². The van der Waals surface area contributed by atoms with Gasteiger partial charge in [-0.1, -0.05) is 13.0 Å². The topological polar surface area (TPSA) is 75.3 Å². The van der Waals surface area contributed by atoms with Crippen LogP contribution in [0, 0.1) is 11.8 Å². The van der Waals surface area contributed by atoms with Crippen molar-refractivity contribution in [2.75, 3.05) is 35.0 Å². The van der Waals surface area contributed by atoms with Crippen LogP contribution in [0.3, 0.4) is 0 Å². The van der Waals surface area contributed by atoms with E-state index in [0.717, 1.165) is 24.1 Å². The van der Waals surface area contributed by atoms with Gasteiger partial charge in [0.25, 0.3) is 0 Å². The predicted molar refractivity (Wildman–Crippen MR) is 136 cm³/mol. The van der Waals surface area contributed by atoms with Gasteiger partial charge in [0.1, 0.15) is 5.60 Å². The Labute approximate surface area is 209 Å². The largest absolute Gasteiger partial charge is 0.493 e. The Bertz CT molecular complexity index is 1030. The minimum Gasteiger partial charge on any atom is -0.493 e. The molecule has 0 saturated carbocycles. The lowest BCUT2D eigenvalue weighted by atomic mass is 9.76. The zero-order valence-corrected chi connectivity index (χ0v) is 22.2. The van der Waals surface area contributed by atoms with Crippen LogP contribution in [-0.4, -0.2) is 46.6 Å². The van der Waals surface area contributed by atoms with Crippen molar-refractivity contribution in [3.8, 4) is 23.0 Å². The molecule has 3 rings (SSSR count). The highest BCUT2D eigenvalue weighted by Gasteiger charge is 2.37. The minimum atomic E-state index is -0.562. The van der Waals surface area contributed by atoms with Crippen LogP contribution in [-0.2, 0) is 22.4 Å². The lowest BCUT2D eigenvalue weighted by Gasteiger charge is -2.37. The zero-order valence-electron chi connectivity index (χ0n) is 22.2. The van der Waals surface area contributed by atoms with E-state index in [-0.39, 0.29) is 23.8 Å². The average molecular weight is 486 g/mol. The molecule has 2 aromatic carbocycles. The molecule has 0 amide bonds. The number of hydrogen-bond donors (Lipinski definition) is 1. The molecule has 1 heterocycles. The molecule has 0 fully saturated rings. The summed E-state index contributed by atoms with van der Waals surface area (Å²) in [6.07, 6.45) is 1.52. The summed E-state index contributed by atoms with van der Waals surface area (Å²) in [5, 5.41) is 3.67. The van der Waals surface area contributed by atoms with Gasteiger partial charge in [-0.2, -0.15) is 0 Å². The first kappa shape index (κ1) is 26.7.